The monoisotopic (exact) mass is 278 g/mol. The van der Waals surface area contributed by atoms with Crippen molar-refractivity contribution < 1.29 is 4.74 Å². The predicted molar refractivity (Wildman–Crippen MR) is 84.4 cm³/mol. The molecular weight excluding hydrogens is 252 g/mol. The molecule has 0 unspecified atom stereocenters. The Labute approximate surface area is 122 Å². The normalized spacial score (nSPS) is 11.6. The van der Waals surface area contributed by atoms with Gasteiger partial charge in [0.2, 0.25) is 0 Å². The van der Waals surface area contributed by atoms with E-state index in [9.17, 15) is 0 Å². The summed E-state index contributed by atoms with van der Waals surface area (Å²) < 4.78 is 5.21. The van der Waals surface area contributed by atoms with Gasteiger partial charge in [0, 0.05) is 26.7 Å². The standard InChI is InChI=1S/C15H26N4O/c1-5-19(3)10-9-17-15(16-2)18-12-13-7-6-8-14(11-13)20-4/h6-8,11H,5,9-10,12H2,1-4H3,(H2,16,17,18). The maximum Gasteiger partial charge on any atom is 0.191 e. The topological polar surface area (TPSA) is 48.9 Å². The minimum absolute atomic E-state index is 0.723. The number of methoxy groups -OCH3 is 1. The van der Waals surface area contributed by atoms with E-state index in [1.165, 1.54) is 0 Å². The molecule has 0 atom stereocenters. The molecule has 1 aromatic carbocycles. The number of hydrogen-bond acceptors (Lipinski definition) is 3. The van der Waals surface area contributed by atoms with Crippen molar-refractivity contribution in [3.8, 4) is 5.75 Å². The van der Waals surface area contributed by atoms with Crippen LogP contribution < -0.4 is 15.4 Å². The van der Waals surface area contributed by atoms with Gasteiger partial charge in [-0.25, -0.2) is 0 Å². The molecule has 0 fully saturated rings. The average molecular weight is 278 g/mol. The van der Waals surface area contributed by atoms with E-state index in [4.69, 9.17) is 4.74 Å². The summed E-state index contributed by atoms with van der Waals surface area (Å²) in [6.07, 6.45) is 0. The highest BCUT2D eigenvalue weighted by molar-refractivity contribution is 5.79. The molecule has 0 aliphatic rings. The SMILES string of the molecule is CCN(C)CCNC(=NC)NCc1cccc(OC)c1. The quantitative estimate of drug-likeness (QED) is 0.583. The summed E-state index contributed by atoms with van der Waals surface area (Å²) >= 11 is 0. The molecule has 0 aromatic heterocycles. The highest BCUT2D eigenvalue weighted by Crippen LogP contribution is 2.11. The largest absolute Gasteiger partial charge is 0.497 e. The number of nitrogens with one attached hydrogen (secondary N) is 2. The van der Waals surface area contributed by atoms with Crippen LogP contribution in [0.3, 0.4) is 0 Å². The third kappa shape index (κ3) is 5.93. The van der Waals surface area contributed by atoms with Gasteiger partial charge in [-0.3, -0.25) is 4.99 Å². The maximum absolute atomic E-state index is 5.21. The average Bonchev–Trinajstić information content (AvgIpc) is 2.50. The van der Waals surface area contributed by atoms with E-state index in [0.29, 0.717) is 0 Å². The molecule has 0 saturated heterocycles. The lowest BCUT2D eigenvalue weighted by atomic mass is 10.2. The molecule has 5 nitrogen and oxygen atoms in total. The van der Waals surface area contributed by atoms with Crippen molar-refractivity contribution in [1.82, 2.24) is 15.5 Å². The highest BCUT2D eigenvalue weighted by atomic mass is 16.5. The minimum atomic E-state index is 0.723. The lowest BCUT2D eigenvalue weighted by Gasteiger charge is -2.16. The van der Waals surface area contributed by atoms with Crippen LogP contribution >= 0.6 is 0 Å². The van der Waals surface area contributed by atoms with Crippen molar-refractivity contribution in [2.24, 2.45) is 4.99 Å². The van der Waals surface area contributed by atoms with E-state index in [1.807, 2.05) is 18.2 Å². The molecule has 0 radical (unpaired) electrons. The second-order valence-electron chi connectivity index (χ2n) is 4.60. The van der Waals surface area contributed by atoms with Crippen molar-refractivity contribution in [3.05, 3.63) is 29.8 Å². The lowest BCUT2D eigenvalue weighted by Crippen LogP contribution is -2.40. The zero-order valence-corrected chi connectivity index (χ0v) is 12.9. The molecule has 0 aliphatic heterocycles. The van der Waals surface area contributed by atoms with Crippen LogP contribution in [-0.2, 0) is 6.54 Å². The summed E-state index contributed by atoms with van der Waals surface area (Å²) in [6.45, 7) is 5.80. The van der Waals surface area contributed by atoms with E-state index in [2.05, 4.69) is 40.6 Å². The maximum atomic E-state index is 5.21. The van der Waals surface area contributed by atoms with Gasteiger partial charge in [0.1, 0.15) is 5.75 Å². The van der Waals surface area contributed by atoms with Crippen molar-refractivity contribution >= 4 is 5.96 Å². The van der Waals surface area contributed by atoms with Gasteiger partial charge in [0.15, 0.2) is 5.96 Å². The summed E-state index contributed by atoms with van der Waals surface area (Å²) in [5.74, 6) is 1.69. The van der Waals surface area contributed by atoms with Crippen molar-refractivity contribution in [1.29, 1.82) is 0 Å². The van der Waals surface area contributed by atoms with E-state index in [-0.39, 0.29) is 0 Å². The summed E-state index contributed by atoms with van der Waals surface area (Å²) in [7, 11) is 5.57. The smallest absolute Gasteiger partial charge is 0.191 e. The number of ether oxygens (including phenoxy) is 1. The first-order chi connectivity index (χ1) is 9.69. The summed E-state index contributed by atoms with van der Waals surface area (Å²) in [4.78, 5) is 6.47. The molecule has 1 aromatic rings. The van der Waals surface area contributed by atoms with Gasteiger partial charge in [-0.05, 0) is 31.3 Å². The van der Waals surface area contributed by atoms with Gasteiger partial charge in [-0.2, -0.15) is 0 Å². The van der Waals surface area contributed by atoms with Crippen LogP contribution in [0, 0.1) is 0 Å². The van der Waals surface area contributed by atoms with Crippen LogP contribution in [0.15, 0.2) is 29.3 Å². The highest BCUT2D eigenvalue weighted by Gasteiger charge is 2.00. The summed E-state index contributed by atoms with van der Waals surface area (Å²) in [6, 6.07) is 8.01. The van der Waals surface area contributed by atoms with Crippen molar-refractivity contribution in [2.45, 2.75) is 13.5 Å². The van der Waals surface area contributed by atoms with Gasteiger partial charge in [-0.1, -0.05) is 19.1 Å². The molecule has 112 valence electrons. The Kier molecular flexibility index (Phi) is 7.50. The molecule has 20 heavy (non-hydrogen) atoms. The fourth-order valence-corrected chi connectivity index (χ4v) is 1.71. The molecule has 2 N–H and O–H groups in total. The third-order valence-electron chi connectivity index (χ3n) is 3.14. The summed E-state index contributed by atoms with van der Waals surface area (Å²) in [5.41, 5.74) is 1.16. The zero-order valence-electron chi connectivity index (χ0n) is 12.9. The molecular formula is C15H26N4O. The number of rotatable bonds is 7. The number of guanidine groups is 1. The molecule has 0 amide bonds. The minimum Gasteiger partial charge on any atom is -0.497 e. The third-order valence-corrected chi connectivity index (χ3v) is 3.14. The number of nitrogens with zero attached hydrogens (tertiary/aromatic N) is 2. The molecule has 0 aliphatic carbocycles. The van der Waals surface area contributed by atoms with Crippen molar-refractivity contribution in [2.75, 3.05) is 40.8 Å². The number of likely N-dealkylation sites (N-methyl/N-ethyl adjacent to an activating group) is 1. The Balaban J connectivity index is 2.37. The van der Waals surface area contributed by atoms with Gasteiger partial charge >= 0.3 is 0 Å². The Bertz CT molecular complexity index is 420. The Morgan fingerprint density at radius 1 is 1.35 bits per heavy atom. The Morgan fingerprint density at radius 3 is 2.80 bits per heavy atom. The predicted octanol–water partition coefficient (Wildman–Crippen LogP) is 1.31. The first kappa shape index (κ1) is 16.3. The van der Waals surface area contributed by atoms with E-state index < -0.39 is 0 Å². The number of hydrogen-bond donors (Lipinski definition) is 2. The second kappa shape index (κ2) is 9.20. The molecule has 0 spiro atoms. The lowest BCUT2D eigenvalue weighted by molar-refractivity contribution is 0.357. The molecule has 0 heterocycles. The fourth-order valence-electron chi connectivity index (χ4n) is 1.71. The molecule has 1 rings (SSSR count). The second-order valence-corrected chi connectivity index (χ2v) is 4.60. The first-order valence-corrected chi connectivity index (χ1v) is 6.95. The molecule has 0 bridgehead atoms. The van der Waals surface area contributed by atoms with Crippen LogP contribution in [-0.4, -0.2) is 51.7 Å². The van der Waals surface area contributed by atoms with Crippen LogP contribution in [0.1, 0.15) is 12.5 Å². The van der Waals surface area contributed by atoms with Crippen molar-refractivity contribution in [3.63, 3.8) is 0 Å². The van der Waals surface area contributed by atoms with Gasteiger partial charge < -0.3 is 20.3 Å². The van der Waals surface area contributed by atoms with Crippen LogP contribution in [0.25, 0.3) is 0 Å². The Morgan fingerprint density at radius 2 is 2.15 bits per heavy atom. The number of benzene rings is 1. The van der Waals surface area contributed by atoms with E-state index in [0.717, 1.165) is 43.5 Å². The number of aliphatic imine (C=N–C) groups is 1. The fraction of sp³-hybridized carbons (Fsp3) is 0.533. The first-order valence-electron chi connectivity index (χ1n) is 6.95. The van der Waals surface area contributed by atoms with E-state index in [1.54, 1.807) is 14.2 Å². The van der Waals surface area contributed by atoms with Gasteiger partial charge in [0.25, 0.3) is 0 Å². The van der Waals surface area contributed by atoms with Gasteiger partial charge in [0.05, 0.1) is 7.11 Å². The Hall–Kier alpha value is -1.75. The molecule has 0 saturated carbocycles. The van der Waals surface area contributed by atoms with Crippen LogP contribution in [0.5, 0.6) is 5.75 Å². The van der Waals surface area contributed by atoms with Crippen LogP contribution in [0.2, 0.25) is 0 Å². The van der Waals surface area contributed by atoms with Gasteiger partial charge in [-0.15, -0.1) is 0 Å². The van der Waals surface area contributed by atoms with E-state index >= 15 is 0 Å². The molecule has 5 heteroatoms. The van der Waals surface area contributed by atoms with Crippen LogP contribution in [0.4, 0.5) is 0 Å². The summed E-state index contributed by atoms with van der Waals surface area (Å²) in [5, 5.41) is 6.59. The zero-order chi connectivity index (χ0) is 14.8.